The molecule has 3 aromatic rings. The van der Waals surface area contributed by atoms with Crippen LogP contribution < -0.4 is 10.6 Å². The Labute approximate surface area is 192 Å². The van der Waals surface area contributed by atoms with E-state index in [1.165, 1.54) is 22.7 Å². The van der Waals surface area contributed by atoms with Crippen molar-refractivity contribution in [1.29, 1.82) is 5.26 Å². The van der Waals surface area contributed by atoms with Gasteiger partial charge in [-0.3, -0.25) is 9.59 Å². The molecule has 0 unspecified atom stereocenters. The van der Waals surface area contributed by atoms with Gasteiger partial charge in [0.25, 0.3) is 11.8 Å². The van der Waals surface area contributed by atoms with Crippen LogP contribution >= 0.6 is 34.3 Å². The number of benzene rings is 1. The van der Waals surface area contributed by atoms with E-state index in [0.717, 1.165) is 30.1 Å². The number of halogens is 1. The molecule has 0 fully saturated rings. The minimum absolute atomic E-state index is 0.151. The topological polar surface area (TPSA) is 98.1 Å². The van der Waals surface area contributed by atoms with Crippen molar-refractivity contribution < 1.29 is 9.59 Å². The number of fused-ring (bicyclic) bond motifs is 1. The molecule has 4 rings (SSSR count). The number of nitrogens with zero attached hydrogens (tertiary/aromatic N) is 3. The summed E-state index contributed by atoms with van der Waals surface area (Å²) < 4.78 is 0.530. The van der Waals surface area contributed by atoms with Crippen LogP contribution in [0.1, 0.15) is 41.2 Å². The number of likely N-dealkylation sites (N-methyl/N-ethyl adjacent to an activating group) is 1. The number of amides is 2. The van der Waals surface area contributed by atoms with Gasteiger partial charge in [-0.05, 0) is 30.8 Å². The number of hydrogen-bond acceptors (Lipinski definition) is 7. The largest absolute Gasteiger partial charge is 0.347 e. The zero-order valence-corrected chi connectivity index (χ0v) is 19.0. The second kappa shape index (κ2) is 9.16. The number of carbonyl (C=O) groups is 2. The molecule has 0 saturated heterocycles. The lowest BCUT2D eigenvalue weighted by Crippen LogP contribution is -2.25. The fourth-order valence-corrected chi connectivity index (χ4v) is 5.32. The molecule has 2 N–H and O–H groups in total. The number of thiophene rings is 1. The summed E-state index contributed by atoms with van der Waals surface area (Å²) in [5.41, 5.74) is 2.29. The lowest BCUT2D eigenvalue weighted by atomic mass is 10.1. The molecule has 1 aromatic carbocycles. The standard InChI is InChI=1S/C21H18ClN5O2S2/c1-27-8-7-14-16(11-27)31-21(25-14)20(29)26-18-12(9-23)3-2-4-13(18)10-24-19(28)15-5-6-17(22)30-15/h2-6H,7-8,10-11H2,1H3,(H,24,28)(H,26,29). The average molecular weight is 472 g/mol. The van der Waals surface area contributed by atoms with Gasteiger partial charge in [-0.15, -0.1) is 22.7 Å². The van der Waals surface area contributed by atoms with Crippen molar-refractivity contribution in [3.63, 3.8) is 0 Å². The van der Waals surface area contributed by atoms with Crippen LogP contribution in [0.3, 0.4) is 0 Å². The number of nitrogens with one attached hydrogen (secondary N) is 2. The Balaban J connectivity index is 1.53. The quantitative estimate of drug-likeness (QED) is 0.588. The summed E-state index contributed by atoms with van der Waals surface area (Å²) in [6.45, 7) is 1.84. The zero-order chi connectivity index (χ0) is 22.0. The molecule has 31 heavy (non-hydrogen) atoms. The highest BCUT2D eigenvalue weighted by molar-refractivity contribution is 7.18. The number of para-hydroxylation sites is 1. The summed E-state index contributed by atoms with van der Waals surface area (Å²) in [5, 5.41) is 15.5. The summed E-state index contributed by atoms with van der Waals surface area (Å²) in [6, 6.07) is 10.5. The minimum Gasteiger partial charge on any atom is -0.347 e. The molecule has 2 aromatic heterocycles. The first-order valence-corrected chi connectivity index (χ1v) is 11.5. The second-order valence-electron chi connectivity index (χ2n) is 7.07. The van der Waals surface area contributed by atoms with E-state index >= 15 is 0 Å². The molecule has 2 amide bonds. The van der Waals surface area contributed by atoms with Crippen molar-refractivity contribution >= 4 is 51.8 Å². The van der Waals surface area contributed by atoms with E-state index in [1.54, 1.807) is 30.3 Å². The first-order chi connectivity index (χ1) is 14.9. The predicted molar refractivity (Wildman–Crippen MR) is 122 cm³/mol. The van der Waals surface area contributed by atoms with Crippen LogP contribution in [0.5, 0.6) is 0 Å². The first kappa shape index (κ1) is 21.5. The smallest absolute Gasteiger partial charge is 0.284 e. The van der Waals surface area contributed by atoms with Gasteiger partial charge >= 0.3 is 0 Å². The maximum Gasteiger partial charge on any atom is 0.284 e. The fourth-order valence-electron chi connectivity index (χ4n) is 3.27. The van der Waals surface area contributed by atoms with Crippen molar-refractivity contribution in [2.45, 2.75) is 19.5 Å². The Morgan fingerprint density at radius 1 is 1.26 bits per heavy atom. The van der Waals surface area contributed by atoms with Gasteiger partial charge in [0, 0.05) is 30.9 Å². The molecule has 0 bridgehead atoms. The molecule has 0 spiro atoms. The van der Waals surface area contributed by atoms with E-state index < -0.39 is 0 Å². The van der Waals surface area contributed by atoms with Crippen LogP contribution in [-0.4, -0.2) is 35.3 Å². The van der Waals surface area contributed by atoms with Gasteiger partial charge in [-0.25, -0.2) is 4.98 Å². The van der Waals surface area contributed by atoms with E-state index in [-0.39, 0.29) is 18.4 Å². The van der Waals surface area contributed by atoms with E-state index in [2.05, 4.69) is 26.6 Å². The molecular weight excluding hydrogens is 454 g/mol. The third-order valence-corrected chi connectivity index (χ3v) is 7.17. The maximum atomic E-state index is 12.9. The monoisotopic (exact) mass is 471 g/mol. The van der Waals surface area contributed by atoms with Crippen molar-refractivity contribution in [2.24, 2.45) is 0 Å². The number of hydrogen-bond donors (Lipinski definition) is 2. The minimum atomic E-state index is -0.359. The Kier molecular flexibility index (Phi) is 6.34. The van der Waals surface area contributed by atoms with Gasteiger partial charge in [0.05, 0.1) is 26.2 Å². The highest BCUT2D eigenvalue weighted by Gasteiger charge is 2.22. The van der Waals surface area contributed by atoms with Gasteiger partial charge in [0.1, 0.15) is 6.07 Å². The molecule has 1 aliphatic heterocycles. The molecule has 10 heteroatoms. The molecule has 7 nitrogen and oxygen atoms in total. The van der Waals surface area contributed by atoms with E-state index in [1.807, 2.05) is 7.05 Å². The number of thiazole rings is 1. The van der Waals surface area contributed by atoms with Gasteiger partial charge in [-0.2, -0.15) is 5.26 Å². The molecular formula is C21H18ClN5O2S2. The summed E-state index contributed by atoms with van der Waals surface area (Å²) in [6.07, 6.45) is 0.814. The number of aromatic nitrogens is 1. The van der Waals surface area contributed by atoms with Crippen LogP contribution in [0.25, 0.3) is 0 Å². The van der Waals surface area contributed by atoms with Crippen LogP contribution in [0, 0.1) is 11.3 Å². The molecule has 0 aliphatic carbocycles. The first-order valence-electron chi connectivity index (χ1n) is 9.48. The van der Waals surface area contributed by atoms with E-state index in [4.69, 9.17) is 11.6 Å². The molecule has 0 radical (unpaired) electrons. The zero-order valence-electron chi connectivity index (χ0n) is 16.6. The highest BCUT2D eigenvalue weighted by atomic mass is 35.5. The predicted octanol–water partition coefficient (Wildman–Crippen LogP) is 3.90. The van der Waals surface area contributed by atoms with Crippen molar-refractivity contribution in [3.8, 4) is 6.07 Å². The number of nitriles is 1. The lowest BCUT2D eigenvalue weighted by Gasteiger charge is -2.20. The Morgan fingerprint density at radius 2 is 2.10 bits per heavy atom. The normalized spacial score (nSPS) is 13.3. The lowest BCUT2D eigenvalue weighted by molar-refractivity contribution is 0.0954. The summed E-state index contributed by atoms with van der Waals surface area (Å²) in [4.78, 5) is 33.5. The summed E-state index contributed by atoms with van der Waals surface area (Å²) in [7, 11) is 2.04. The Bertz CT molecular complexity index is 1200. The average Bonchev–Trinajstić information content (AvgIpc) is 3.38. The van der Waals surface area contributed by atoms with Crippen molar-refractivity contribution in [2.75, 3.05) is 18.9 Å². The van der Waals surface area contributed by atoms with Crippen LogP contribution in [0.15, 0.2) is 30.3 Å². The second-order valence-corrected chi connectivity index (χ2v) is 9.87. The molecule has 158 valence electrons. The third-order valence-electron chi connectivity index (χ3n) is 4.86. The van der Waals surface area contributed by atoms with Gasteiger partial charge in [0.2, 0.25) is 0 Å². The maximum absolute atomic E-state index is 12.9. The van der Waals surface area contributed by atoms with Crippen LogP contribution in [0.2, 0.25) is 4.34 Å². The molecule has 1 aliphatic rings. The molecule has 3 heterocycles. The molecule has 0 atom stereocenters. The third kappa shape index (κ3) is 4.78. The van der Waals surface area contributed by atoms with Crippen LogP contribution in [-0.2, 0) is 19.5 Å². The van der Waals surface area contributed by atoms with Crippen LogP contribution in [0.4, 0.5) is 5.69 Å². The Morgan fingerprint density at radius 3 is 2.84 bits per heavy atom. The molecule has 0 saturated carbocycles. The SMILES string of the molecule is CN1CCc2nc(C(=O)Nc3c(C#N)cccc3CNC(=O)c3ccc(Cl)s3)sc2C1. The van der Waals surface area contributed by atoms with Gasteiger partial charge < -0.3 is 15.5 Å². The number of rotatable bonds is 5. The number of anilines is 1. The van der Waals surface area contributed by atoms with Crippen molar-refractivity contribution in [1.82, 2.24) is 15.2 Å². The Hall–Kier alpha value is -2.77. The highest BCUT2D eigenvalue weighted by Crippen LogP contribution is 2.27. The fraction of sp³-hybridized carbons (Fsp3) is 0.238. The summed E-state index contributed by atoms with van der Waals surface area (Å²) in [5.74, 6) is -0.629. The van der Waals surface area contributed by atoms with Gasteiger partial charge in [0.15, 0.2) is 5.01 Å². The van der Waals surface area contributed by atoms with E-state index in [9.17, 15) is 14.9 Å². The van der Waals surface area contributed by atoms with Crippen molar-refractivity contribution in [3.05, 3.63) is 66.3 Å². The summed E-state index contributed by atoms with van der Waals surface area (Å²) >= 11 is 8.45. The van der Waals surface area contributed by atoms with E-state index in [0.29, 0.717) is 31.0 Å². The van der Waals surface area contributed by atoms with Gasteiger partial charge in [-0.1, -0.05) is 23.7 Å². The number of carbonyl (C=O) groups excluding carboxylic acids is 2.